The molecule has 1 amide bonds. The van der Waals surface area contributed by atoms with Gasteiger partial charge in [-0.3, -0.25) is 9.59 Å². The van der Waals surface area contributed by atoms with Crippen molar-refractivity contribution >= 4 is 50.7 Å². The Balaban J connectivity index is 1.74. The van der Waals surface area contributed by atoms with E-state index in [4.69, 9.17) is 0 Å². The number of aryl methyl sites for hydroxylation is 3. The molecule has 3 rings (SSSR count). The van der Waals surface area contributed by atoms with E-state index in [0.29, 0.717) is 23.4 Å². The van der Waals surface area contributed by atoms with Crippen molar-refractivity contribution in [1.29, 1.82) is 0 Å². The second kappa shape index (κ2) is 8.19. The number of hydrogen-bond acceptors (Lipinski definition) is 6. The topological polar surface area (TPSA) is 72.0 Å². The minimum atomic E-state index is -0.0470. The number of carbonyl (C=O) groups is 2. The molecule has 0 saturated heterocycles. The van der Waals surface area contributed by atoms with Gasteiger partial charge in [0, 0.05) is 27.9 Å². The second-order valence-electron chi connectivity index (χ2n) is 6.23. The summed E-state index contributed by atoms with van der Waals surface area (Å²) in [5, 5.41) is 4.69. The average molecular weight is 400 g/mol. The molecule has 1 N–H and O–H groups in total. The quantitative estimate of drug-likeness (QED) is 0.361. The highest BCUT2D eigenvalue weighted by atomic mass is 32.2. The minimum absolute atomic E-state index is 0.0300. The third kappa shape index (κ3) is 4.36. The van der Waals surface area contributed by atoms with Crippen LogP contribution < -0.4 is 5.32 Å². The zero-order valence-corrected chi connectivity index (χ0v) is 17.4. The Morgan fingerprint density at radius 2 is 1.81 bits per heavy atom. The van der Waals surface area contributed by atoms with E-state index >= 15 is 0 Å². The van der Waals surface area contributed by atoms with Crippen LogP contribution in [0.4, 0.5) is 5.69 Å². The maximum atomic E-state index is 12.6. The van der Waals surface area contributed by atoms with Gasteiger partial charge in [0.25, 0.3) is 0 Å². The number of rotatable bonds is 6. The van der Waals surface area contributed by atoms with E-state index in [1.807, 2.05) is 6.92 Å². The van der Waals surface area contributed by atoms with Gasteiger partial charge in [-0.2, -0.15) is 0 Å². The Labute approximate surface area is 166 Å². The van der Waals surface area contributed by atoms with Crippen LogP contribution in [0.25, 0.3) is 10.2 Å². The lowest BCUT2D eigenvalue weighted by Gasteiger charge is -2.06. The third-order valence-electron chi connectivity index (χ3n) is 4.26. The van der Waals surface area contributed by atoms with Gasteiger partial charge in [0.1, 0.15) is 15.7 Å². The van der Waals surface area contributed by atoms with E-state index in [9.17, 15) is 9.59 Å². The van der Waals surface area contributed by atoms with Gasteiger partial charge >= 0.3 is 0 Å². The van der Waals surface area contributed by atoms with E-state index in [1.165, 1.54) is 22.2 Å². The van der Waals surface area contributed by atoms with Crippen LogP contribution in [0.5, 0.6) is 0 Å². The summed E-state index contributed by atoms with van der Waals surface area (Å²) in [7, 11) is 0. The molecule has 0 saturated carbocycles. The normalized spacial score (nSPS) is 11.0. The van der Waals surface area contributed by atoms with Gasteiger partial charge in [-0.05, 0) is 50.6 Å². The van der Waals surface area contributed by atoms with Gasteiger partial charge in [-0.1, -0.05) is 18.7 Å². The predicted octanol–water partition coefficient (Wildman–Crippen LogP) is 4.94. The molecule has 2 aromatic heterocycles. The summed E-state index contributed by atoms with van der Waals surface area (Å²) in [6, 6.07) is 7.00. The number of fused-ring (bicyclic) bond motifs is 1. The number of ketones is 1. The van der Waals surface area contributed by atoms with Crippen molar-refractivity contribution in [3.63, 3.8) is 0 Å². The number of nitrogens with one attached hydrogen (secondary N) is 1. The molecule has 0 spiro atoms. The molecule has 140 valence electrons. The van der Waals surface area contributed by atoms with Gasteiger partial charge in [0.05, 0.1) is 5.75 Å². The first-order valence-electron chi connectivity index (χ1n) is 8.69. The van der Waals surface area contributed by atoms with Crippen LogP contribution in [0.2, 0.25) is 0 Å². The Hall–Kier alpha value is -2.25. The van der Waals surface area contributed by atoms with Crippen LogP contribution in [0, 0.1) is 20.8 Å². The highest BCUT2D eigenvalue weighted by molar-refractivity contribution is 8.00. The van der Waals surface area contributed by atoms with E-state index in [1.54, 1.807) is 42.5 Å². The van der Waals surface area contributed by atoms with Gasteiger partial charge < -0.3 is 5.32 Å². The molecule has 0 aliphatic rings. The number of carbonyl (C=O) groups excluding carboxylic acids is 2. The van der Waals surface area contributed by atoms with Gasteiger partial charge in [-0.15, -0.1) is 11.3 Å². The molecule has 0 radical (unpaired) electrons. The molecular weight excluding hydrogens is 378 g/mol. The summed E-state index contributed by atoms with van der Waals surface area (Å²) in [6.07, 6.45) is 0.422. The first kappa shape index (κ1) is 19.5. The van der Waals surface area contributed by atoms with Crippen LogP contribution in [-0.4, -0.2) is 27.4 Å². The van der Waals surface area contributed by atoms with Crippen molar-refractivity contribution in [2.24, 2.45) is 0 Å². The highest BCUT2D eigenvalue weighted by Crippen LogP contribution is 2.35. The van der Waals surface area contributed by atoms with Crippen LogP contribution in [-0.2, 0) is 4.79 Å². The van der Waals surface area contributed by atoms with Crippen molar-refractivity contribution in [1.82, 2.24) is 9.97 Å². The van der Waals surface area contributed by atoms with E-state index in [0.717, 1.165) is 21.1 Å². The van der Waals surface area contributed by atoms with E-state index in [2.05, 4.69) is 29.1 Å². The number of hydrogen-bond donors (Lipinski definition) is 1. The first-order valence-corrected chi connectivity index (χ1v) is 10.5. The monoisotopic (exact) mass is 399 g/mol. The molecule has 5 nitrogen and oxygen atoms in total. The van der Waals surface area contributed by atoms with Crippen molar-refractivity contribution in [3.8, 4) is 0 Å². The number of benzene rings is 1. The zero-order valence-electron chi connectivity index (χ0n) is 15.8. The fourth-order valence-electron chi connectivity index (χ4n) is 2.62. The van der Waals surface area contributed by atoms with Crippen LogP contribution in [0.1, 0.15) is 40.0 Å². The summed E-state index contributed by atoms with van der Waals surface area (Å²) in [4.78, 5) is 35.3. The molecule has 7 heteroatoms. The number of thiophene rings is 1. The molecule has 27 heavy (non-hydrogen) atoms. The van der Waals surface area contributed by atoms with E-state index in [-0.39, 0.29) is 11.7 Å². The molecule has 0 aliphatic heterocycles. The molecule has 0 bridgehead atoms. The predicted molar refractivity (Wildman–Crippen MR) is 112 cm³/mol. The number of aromatic nitrogens is 2. The lowest BCUT2D eigenvalue weighted by Crippen LogP contribution is -2.09. The minimum Gasteiger partial charge on any atom is -0.326 e. The SMILES string of the molecule is CCC(=O)Nc1ccc(C(=O)CSc2nc(C)nc3sc(C)c(C)c23)cc1. The number of anilines is 1. The molecule has 2 heterocycles. The molecule has 0 unspecified atom stereocenters. The number of Topliss-reactive ketones (excluding diaryl/α,β-unsaturated/α-hetero) is 1. The molecule has 0 fully saturated rings. The second-order valence-corrected chi connectivity index (χ2v) is 8.40. The summed E-state index contributed by atoms with van der Waals surface area (Å²) in [6.45, 7) is 7.82. The third-order valence-corrected chi connectivity index (χ3v) is 6.34. The number of amides is 1. The summed E-state index contributed by atoms with van der Waals surface area (Å²) in [5.41, 5.74) is 2.50. The van der Waals surface area contributed by atoms with Crippen LogP contribution in [0.15, 0.2) is 29.3 Å². The fourth-order valence-corrected chi connectivity index (χ4v) is 4.79. The van der Waals surface area contributed by atoms with Crippen LogP contribution in [0.3, 0.4) is 0 Å². The number of thioether (sulfide) groups is 1. The fraction of sp³-hybridized carbons (Fsp3) is 0.300. The first-order chi connectivity index (χ1) is 12.9. The lowest BCUT2D eigenvalue weighted by atomic mass is 10.1. The summed E-state index contributed by atoms with van der Waals surface area (Å²) < 4.78 is 0. The average Bonchev–Trinajstić information content (AvgIpc) is 2.93. The maximum Gasteiger partial charge on any atom is 0.224 e. The number of nitrogens with zero attached hydrogens (tertiary/aromatic N) is 2. The molecule has 1 aromatic carbocycles. The molecule has 3 aromatic rings. The van der Waals surface area contributed by atoms with Crippen molar-refractivity contribution in [3.05, 3.63) is 46.1 Å². The zero-order chi connectivity index (χ0) is 19.6. The van der Waals surface area contributed by atoms with Crippen molar-refractivity contribution in [2.45, 2.75) is 39.1 Å². The van der Waals surface area contributed by atoms with Gasteiger partial charge in [0.15, 0.2) is 5.78 Å². The van der Waals surface area contributed by atoms with Crippen molar-refractivity contribution in [2.75, 3.05) is 11.1 Å². The Morgan fingerprint density at radius 1 is 1.11 bits per heavy atom. The maximum absolute atomic E-state index is 12.6. The lowest BCUT2D eigenvalue weighted by molar-refractivity contribution is -0.115. The summed E-state index contributed by atoms with van der Waals surface area (Å²) >= 11 is 3.11. The Bertz CT molecular complexity index is 1010. The molecular formula is C20H21N3O2S2. The summed E-state index contributed by atoms with van der Waals surface area (Å²) in [5.74, 6) is 1.01. The van der Waals surface area contributed by atoms with Gasteiger partial charge in [0.2, 0.25) is 5.91 Å². The highest BCUT2D eigenvalue weighted by Gasteiger charge is 2.15. The molecule has 0 atom stereocenters. The van der Waals surface area contributed by atoms with E-state index < -0.39 is 0 Å². The Kier molecular flexibility index (Phi) is 5.92. The smallest absolute Gasteiger partial charge is 0.224 e. The van der Waals surface area contributed by atoms with Gasteiger partial charge in [-0.25, -0.2) is 9.97 Å². The van der Waals surface area contributed by atoms with Crippen molar-refractivity contribution < 1.29 is 9.59 Å². The Morgan fingerprint density at radius 3 is 2.48 bits per heavy atom. The standard InChI is InChI=1S/C20H21N3O2S2/c1-5-17(25)23-15-8-6-14(7-9-15)16(24)10-26-19-18-11(2)12(3)27-20(18)22-13(4)21-19/h6-9H,5,10H2,1-4H3,(H,23,25). The molecule has 0 aliphatic carbocycles. The van der Waals surface area contributed by atoms with Crippen LogP contribution >= 0.6 is 23.1 Å². The largest absolute Gasteiger partial charge is 0.326 e.